The van der Waals surface area contributed by atoms with E-state index in [0.717, 1.165) is 16.7 Å². The first-order valence-corrected chi connectivity index (χ1v) is 4.59. The van der Waals surface area contributed by atoms with Crippen LogP contribution in [-0.4, -0.2) is 5.11 Å². The van der Waals surface area contributed by atoms with Gasteiger partial charge in [-0.15, -0.1) is 0 Å². The normalized spacial score (nSPS) is 9.33. The van der Waals surface area contributed by atoms with Gasteiger partial charge in [0.1, 0.15) is 5.75 Å². The molecule has 0 aliphatic rings. The van der Waals surface area contributed by atoms with E-state index in [-0.39, 0.29) is 5.75 Å². The van der Waals surface area contributed by atoms with Crippen LogP contribution in [0.5, 0.6) is 5.75 Å². The van der Waals surface area contributed by atoms with Crippen LogP contribution in [0.4, 0.5) is 0 Å². The van der Waals surface area contributed by atoms with Gasteiger partial charge < -0.3 is 5.11 Å². The Morgan fingerprint density at radius 1 is 0.800 bits per heavy atom. The molecule has 0 aliphatic heterocycles. The second kappa shape index (κ2) is 4.47. The maximum atomic E-state index is 9.75. The second-order valence-corrected chi connectivity index (χ2v) is 3.04. The van der Waals surface area contributed by atoms with Crippen molar-refractivity contribution in [3.8, 4) is 5.75 Å². The number of phenolic OH excluding ortho intramolecular Hbond substituents is 1. The Kier molecular flexibility index (Phi) is 3.29. The summed E-state index contributed by atoms with van der Waals surface area (Å²) < 4.78 is 0. The number of hydrogen-bond acceptors (Lipinski definition) is 1. The molecule has 0 saturated carbocycles. The van der Waals surface area contributed by atoms with Gasteiger partial charge in [0, 0.05) is 5.56 Å². The second-order valence-electron chi connectivity index (χ2n) is 3.04. The first kappa shape index (κ1) is 11.1. The van der Waals surface area contributed by atoms with Crippen LogP contribution < -0.4 is 0 Å². The Hall–Kier alpha value is -2.02. The lowest BCUT2D eigenvalue weighted by molar-refractivity contribution is 0.474. The molecule has 76 valence electrons. The lowest BCUT2D eigenvalue weighted by Gasteiger charge is -2.11. The van der Waals surface area contributed by atoms with Crippen molar-refractivity contribution < 1.29 is 5.11 Å². The SMILES string of the molecule is C=Cc1cc(O)c(C=C)c(C=C)c1C=C. The van der Waals surface area contributed by atoms with Crippen molar-refractivity contribution in [2.45, 2.75) is 0 Å². The maximum absolute atomic E-state index is 9.75. The summed E-state index contributed by atoms with van der Waals surface area (Å²) in [5.74, 6) is 0.181. The smallest absolute Gasteiger partial charge is 0.124 e. The van der Waals surface area contributed by atoms with Crippen molar-refractivity contribution in [3.05, 3.63) is 54.6 Å². The van der Waals surface area contributed by atoms with Crippen LogP contribution >= 0.6 is 0 Å². The van der Waals surface area contributed by atoms with Crippen molar-refractivity contribution in [1.82, 2.24) is 0 Å². The van der Waals surface area contributed by atoms with Gasteiger partial charge in [0.15, 0.2) is 0 Å². The molecule has 1 aromatic rings. The minimum atomic E-state index is 0.181. The average Bonchev–Trinajstić information content (AvgIpc) is 2.27. The first-order chi connectivity index (χ1) is 7.19. The van der Waals surface area contributed by atoms with Gasteiger partial charge in [-0.2, -0.15) is 0 Å². The molecule has 0 aliphatic carbocycles. The molecule has 1 heteroatoms. The van der Waals surface area contributed by atoms with E-state index in [2.05, 4.69) is 26.3 Å². The van der Waals surface area contributed by atoms with Crippen LogP contribution in [0, 0.1) is 0 Å². The molecule has 0 radical (unpaired) electrons. The van der Waals surface area contributed by atoms with Gasteiger partial charge in [-0.25, -0.2) is 0 Å². The van der Waals surface area contributed by atoms with Crippen LogP contribution in [0.3, 0.4) is 0 Å². The fourth-order valence-electron chi connectivity index (χ4n) is 1.57. The van der Waals surface area contributed by atoms with E-state index in [1.54, 1.807) is 30.4 Å². The molecule has 0 unspecified atom stereocenters. The fraction of sp³-hybridized carbons (Fsp3) is 0. The highest BCUT2D eigenvalue weighted by Gasteiger charge is 2.09. The van der Waals surface area contributed by atoms with Crippen LogP contribution in [0.2, 0.25) is 0 Å². The number of rotatable bonds is 4. The van der Waals surface area contributed by atoms with Gasteiger partial charge >= 0.3 is 0 Å². The number of aromatic hydroxyl groups is 1. The molecule has 1 nitrogen and oxygen atoms in total. The molecule has 0 aromatic heterocycles. The van der Waals surface area contributed by atoms with Gasteiger partial charge in [0.2, 0.25) is 0 Å². The standard InChI is InChI=1S/C14H14O/c1-5-10-9-14(15)13(8-4)12(7-3)11(10)6-2/h5-9,15H,1-4H2. The summed E-state index contributed by atoms with van der Waals surface area (Å²) in [5, 5.41) is 9.75. The highest BCUT2D eigenvalue weighted by molar-refractivity contribution is 5.81. The average molecular weight is 198 g/mol. The van der Waals surface area contributed by atoms with E-state index in [1.165, 1.54) is 0 Å². The molecule has 15 heavy (non-hydrogen) atoms. The van der Waals surface area contributed by atoms with E-state index in [1.807, 2.05) is 0 Å². The largest absolute Gasteiger partial charge is 0.507 e. The zero-order valence-electron chi connectivity index (χ0n) is 8.66. The molecule has 0 atom stereocenters. The molecule has 0 saturated heterocycles. The van der Waals surface area contributed by atoms with Gasteiger partial charge in [-0.05, 0) is 22.8 Å². The predicted octanol–water partition coefficient (Wildman–Crippen LogP) is 3.96. The third-order valence-corrected chi connectivity index (χ3v) is 2.29. The van der Waals surface area contributed by atoms with Crippen LogP contribution in [0.25, 0.3) is 24.3 Å². The Morgan fingerprint density at radius 2 is 1.33 bits per heavy atom. The molecule has 0 heterocycles. The van der Waals surface area contributed by atoms with Crippen molar-refractivity contribution in [3.63, 3.8) is 0 Å². The Bertz CT molecular complexity index is 439. The molecular formula is C14H14O. The van der Waals surface area contributed by atoms with Crippen molar-refractivity contribution in [2.24, 2.45) is 0 Å². The van der Waals surface area contributed by atoms with Crippen molar-refractivity contribution in [1.29, 1.82) is 0 Å². The van der Waals surface area contributed by atoms with E-state index >= 15 is 0 Å². The summed E-state index contributed by atoms with van der Waals surface area (Å²) in [5.41, 5.74) is 3.25. The van der Waals surface area contributed by atoms with Gasteiger partial charge in [-0.1, -0.05) is 50.6 Å². The quantitative estimate of drug-likeness (QED) is 0.776. The minimum Gasteiger partial charge on any atom is -0.507 e. The number of hydrogen-bond donors (Lipinski definition) is 1. The Balaban J connectivity index is 3.73. The zero-order chi connectivity index (χ0) is 11.4. The third-order valence-electron chi connectivity index (χ3n) is 2.29. The Morgan fingerprint density at radius 3 is 1.73 bits per heavy atom. The minimum absolute atomic E-state index is 0.181. The summed E-state index contributed by atoms with van der Waals surface area (Å²) in [7, 11) is 0. The summed E-state index contributed by atoms with van der Waals surface area (Å²) in [6, 6.07) is 1.65. The molecule has 1 N–H and O–H groups in total. The summed E-state index contributed by atoms with van der Waals surface area (Å²) in [6.45, 7) is 14.8. The van der Waals surface area contributed by atoms with Gasteiger partial charge in [-0.3, -0.25) is 0 Å². The van der Waals surface area contributed by atoms with Gasteiger partial charge in [0.05, 0.1) is 0 Å². The lowest BCUT2D eigenvalue weighted by Crippen LogP contribution is -1.91. The number of phenols is 1. The summed E-state index contributed by atoms with van der Waals surface area (Å²) in [6.07, 6.45) is 6.68. The molecule has 0 amide bonds. The molecule has 1 rings (SSSR count). The monoisotopic (exact) mass is 198 g/mol. The maximum Gasteiger partial charge on any atom is 0.124 e. The van der Waals surface area contributed by atoms with Crippen LogP contribution in [0.1, 0.15) is 22.3 Å². The molecule has 0 bridgehead atoms. The molecule has 0 spiro atoms. The predicted molar refractivity (Wildman–Crippen MR) is 68.5 cm³/mol. The third kappa shape index (κ3) is 1.77. The highest BCUT2D eigenvalue weighted by atomic mass is 16.3. The van der Waals surface area contributed by atoms with Crippen LogP contribution in [-0.2, 0) is 0 Å². The van der Waals surface area contributed by atoms with E-state index in [4.69, 9.17) is 0 Å². The van der Waals surface area contributed by atoms with Crippen molar-refractivity contribution in [2.75, 3.05) is 0 Å². The lowest BCUT2D eigenvalue weighted by atomic mass is 9.94. The van der Waals surface area contributed by atoms with Gasteiger partial charge in [0.25, 0.3) is 0 Å². The molecule has 0 fully saturated rings. The van der Waals surface area contributed by atoms with E-state index < -0.39 is 0 Å². The van der Waals surface area contributed by atoms with E-state index in [0.29, 0.717) is 5.56 Å². The van der Waals surface area contributed by atoms with Crippen LogP contribution in [0.15, 0.2) is 32.4 Å². The topological polar surface area (TPSA) is 20.2 Å². The van der Waals surface area contributed by atoms with E-state index in [9.17, 15) is 5.11 Å². The molecule has 1 aromatic carbocycles. The summed E-state index contributed by atoms with van der Waals surface area (Å²) in [4.78, 5) is 0. The Labute approximate surface area is 90.4 Å². The fourth-order valence-corrected chi connectivity index (χ4v) is 1.57. The zero-order valence-corrected chi connectivity index (χ0v) is 8.66. The highest BCUT2D eigenvalue weighted by Crippen LogP contribution is 2.31. The first-order valence-electron chi connectivity index (χ1n) is 4.59. The molecular weight excluding hydrogens is 184 g/mol. The summed E-state index contributed by atoms with van der Waals surface area (Å²) >= 11 is 0. The van der Waals surface area contributed by atoms with Crippen molar-refractivity contribution >= 4 is 24.3 Å². The number of benzene rings is 1.